The number of amides is 3. The molecule has 1 aliphatic heterocycles. The van der Waals surface area contributed by atoms with Gasteiger partial charge in [0.2, 0.25) is 5.91 Å². The number of halogens is 3. The summed E-state index contributed by atoms with van der Waals surface area (Å²) in [6.45, 7) is 1.49. The summed E-state index contributed by atoms with van der Waals surface area (Å²) in [6, 6.07) is 6.49. The van der Waals surface area contributed by atoms with Crippen molar-refractivity contribution in [2.45, 2.75) is 6.92 Å². The van der Waals surface area contributed by atoms with Gasteiger partial charge in [-0.2, -0.15) is 0 Å². The predicted octanol–water partition coefficient (Wildman–Crippen LogP) is 4.91. The number of thioether (sulfide) groups is 1. The molecule has 31 heavy (non-hydrogen) atoms. The lowest BCUT2D eigenvalue weighted by Crippen LogP contribution is -2.36. The number of nitrogens with one attached hydrogen (secondary N) is 1. The van der Waals surface area contributed by atoms with Gasteiger partial charge in [0.15, 0.2) is 11.5 Å². The van der Waals surface area contributed by atoms with Crippen molar-refractivity contribution in [2.75, 3.05) is 18.5 Å². The molecule has 0 radical (unpaired) electrons. The lowest BCUT2D eigenvalue weighted by atomic mass is 10.2. The molecule has 162 valence electrons. The quantitative estimate of drug-likeness (QED) is 0.565. The Labute approximate surface area is 190 Å². The van der Waals surface area contributed by atoms with Crippen LogP contribution in [0.25, 0.3) is 6.08 Å². The Kier molecular flexibility index (Phi) is 7.09. The Hall–Kier alpha value is -2.75. The molecule has 1 aliphatic rings. The van der Waals surface area contributed by atoms with E-state index in [1.807, 2.05) is 0 Å². The van der Waals surface area contributed by atoms with Crippen LogP contribution in [-0.2, 0) is 9.59 Å². The monoisotopic (exact) mass is 484 g/mol. The number of aromatic hydroxyl groups is 1. The van der Waals surface area contributed by atoms with Crippen LogP contribution in [0.2, 0.25) is 10.0 Å². The van der Waals surface area contributed by atoms with Crippen molar-refractivity contribution < 1.29 is 28.6 Å². The molecule has 1 heterocycles. The number of phenolic OH excluding ortho intramolecular Hbond substituents is 1. The highest BCUT2D eigenvalue weighted by Crippen LogP contribution is 2.38. The number of anilines is 1. The molecule has 2 aromatic carbocycles. The number of rotatable bonds is 6. The topological polar surface area (TPSA) is 95.9 Å². The molecule has 3 amide bonds. The van der Waals surface area contributed by atoms with Crippen molar-refractivity contribution in [3.8, 4) is 11.5 Å². The summed E-state index contributed by atoms with van der Waals surface area (Å²) >= 11 is 12.3. The number of carbonyl (C=O) groups excluding carboxylic acids is 3. The fraction of sp³-hybridized carbons (Fsp3) is 0.150. The number of hydrogen-bond acceptors (Lipinski definition) is 6. The number of imide groups is 1. The van der Waals surface area contributed by atoms with Crippen LogP contribution in [0.15, 0.2) is 35.2 Å². The largest absolute Gasteiger partial charge is 0.503 e. The highest BCUT2D eigenvalue weighted by atomic mass is 35.5. The fourth-order valence-corrected chi connectivity index (χ4v) is 3.89. The first kappa shape index (κ1) is 22.9. The molecule has 1 saturated heterocycles. The molecule has 0 saturated carbocycles. The van der Waals surface area contributed by atoms with Crippen LogP contribution < -0.4 is 10.1 Å². The normalized spacial score (nSPS) is 15.0. The molecule has 3 rings (SSSR count). The maximum absolute atomic E-state index is 13.2. The van der Waals surface area contributed by atoms with Crippen molar-refractivity contribution in [2.24, 2.45) is 0 Å². The average Bonchev–Trinajstić information content (AvgIpc) is 2.96. The van der Waals surface area contributed by atoms with Crippen LogP contribution >= 0.6 is 35.0 Å². The highest BCUT2D eigenvalue weighted by molar-refractivity contribution is 8.18. The molecule has 1 fully saturated rings. The van der Waals surface area contributed by atoms with Gasteiger partial charge in [0.05, 0.1) is 21.6 Å². The summed E-state index contributed by atoms with van der Waals surface area (Å²) < 4.78 is 18.5. The third-order valence-electron chi connectivity index (χ3n) is 4.03. The Morgan fingerprint density at radius 1 is 1.26 bits per heavy atom. The number of benzene rings is 2. The molecule has 0 atom stereocenters. The maximum Gasteiger partial charge on any atom is 0.294 e. The molecular formula is C20H15Cl2FN2O5S. The minimum atomic E-state index is -0.663. The van der Waals surface area contributed by atoms with Crippen LogP contribution in [0.5, 0.6) is 11.5 Å². The molecule has 0 bridgehead atoms. The first-order chi connectivity index (χ1) is 14.7. The van der Waals surface area contributed by atoms with Crippen LogP contribution in [-0.4, -0.2) is 40.2 Å². The molecule has 0 unspecified atom stereocenters. The Bertz CT molecular complexity index is 1110. The van der Waals surface area contributed by atoms with Gasteiger partial charge in [-0.05, 0) is 60.7 Å². The number of nitrogens with zero attached hydrogens (tertiary/aromatic N) is 1. The van der Waals surface area contributed by atoms with E-state index in [2.05, 4.69) is 5.32 Å². The number of carbonyl (C=O) groups is 3. The second kappa shape index (κ2) is 9.59. The van der Waals surface area contributed by atoms with Gasteiger partial charge in [-0.25, -0.2) is 4.39 Å². The van der Waals surface area contributed by atoms with Gasteiger partial charge in [-0.1, -0.05) is 23.2 Å². The summed E-state index contributed by atoms with van der Waals surface area (Å²) in [5.41, 5.74) is 0.656. The average molecular weight is 485 g/mol. The minimum absolute atomic E-state index is 0.0220. The molecular weight excluding hydrogens is 470 g/mol. The van der Waals surface area contributed by atoms with Crippen molar-refractivity contribution in [1.29, 1.82) is 0 Å². The lowest BCUT2D eigenvalue weighted by Gasteiger charge is -2.12. The molecule has 2 aromatic rings. The molecule has 2 N–H and O–H groups in total. The first-order valence-electron chi connectivity index (χ1n) is 8.85. The number of hydrogen-bond donors (Lipinski definition) is 2. The van der Waals surface area contributed by atoms with Crippen molar-refractivity contribution in [1.82, 2.24) is 4.90 Å². The van der Waals surface area contributed by atoms with E-state index in [-0.39, 0.29) is 38.7 Å². The van der Waals surface area contributed by atoms with Gasteiger partial charge >= 0.3 is 0 Å². The zero-order chi connectivity index (χ0) is 22.7. The van der Waals surface area contributed by atoms with Gasteiger partial charge in [-0.3, -0.25) is 19.3 Å². The third-order valence-corrected chi connectivity index (χ3v) is 5.51. The molecule has 0 aliphatic carbocycles. The van der Waals surface area contributed by atoms with E-state index in [1.165, 1.54) is 30.3 Å². The SMILES string of the molecule is CCOc1cc(/C=C2\SC(=O)N(CC(=O)Nc3ccc(F)c(Cl)c3)C2=O)cc(Cl)c1O. The van der Waals surface area contributed by atoms with Gasteiger partial charge in [-0.15, -0.1) is 0 Å². The summed E-state index contributed by atoms with van der Waals surface area (Å²) in [4.78, 5) is 38.0. The second-order valence-electron chi connectivity index (χ2n) is 6.23. The van der Waals surface area contributed by atoms with Crippen molar-refractivity contribution in [3.05, 3.63) is 56.7 Å². The van der Waals surface area contributed by atoms with Crippen LogP contribution in [0.1, 0.15) is 12.5 Å². The van der Waals surface area contributed by atoms with E-state index in [0.29, 0.717) is 17.3 Å². The Morgan fingerprint density at radius 2 is 2.00 bits per heavy atom. The number of ether oxygens (including phenoxy) is 1. The maximum atomic E-state index is 13.2. The zero-order valence-corrected chi connectivity index (χ0v) is 18.3. The summed E-state index contributed by atoms with van der Waals surface area (Å²) in [5, 5.41) is 11.6. The Morgan fingerprint density at radius 3 is 2.68 bits per heavy atom. The van der Waals surface area contributed by atoms with E-state index in [9.17, 15) is 23.9 Å². The summed E-state index contributed by atoms with van der Waals surface area (Å²) in [5.74, 6) is -2.05. The fourth-order valence-electron chi connectivity index (χ4n) is 2.65. The standard InChI is InChI=1S/C20H15Cl2FN2O5S/c1-2-30-15-6-10(5-13(22)18(15)27)7-16-19(28)25(20(29)31-16)9-17(26)24-11-3-4-14(23)12(21)8-11/h3-8,27H,2,9H2,1H3,(H,24,26)/b16-7-. The van der Waals surface area contributed by atoms with Crippen LogP contribution in [0, 0.1) is 5.82 Å². The van der Waals surface area contributed by atoms with Crippen LogP contribution in [0.3, 0.4) is 0 Å². The summed E-state index contributed by atoms with van der Waals surface area (Å²) in [7, 11) is 0. The van der Waals surface area contributed by atoms with E-state index in [4.69, 9.17) is 27.9 Å². The highest BCUT2D eigenvalue weighted by Gasteiger charge is 2.36. The lowest BCUT2D eigenvalue weighted by molar-refractivity contribution is -0.127. The van der Waals surface area contributed by atoms with Gasteiger partial charge in [0.25, 0.3) is 11.1 Å². The zero-order valence-electron chi connectivity index (χ0n) is 15.9. The van der Waals surface area contributed by atoms with Crippen LogP contribution in [0.4, 0.5) is 14.9 Å². The summed E-state index contributed by atoms with van der Waals surface area (Å²) in [6.07, 6.45) is 1.41. The number of phenols is 1. The predicted molar refractivity (Wildman–Crippen MR) is 117 cm³/mol. The molecule has 0 aromatic heterocycles. The van der Waals surface area contributed by atoms with Crippen molar-refractivity contribution in [3.63, 3.8) is 0 Å². The van der Waals surface area contributed by atoms with E-state index in [1.54, 1.807) is 6.92 Å². The van der Waals surface area contributed by atoms with Gasteiger partial charge in [0, 0.05) is 5.69 Å². The molecule has 11 heteroatoms. The van der Waals surface area contributed by atoms with Gasteiger partial charge < -0.3 is 15.2 Å². The smallest absolute Gasteiger partial charge is 0.294 e. The minimum Gasteiger partial charge on any atom is -0.503 e. The van der Waals surface area contributed by atoms with Gasteiger partial charge in [0.1, 0.15) is 12.4 Å². The molecule has 0 spiro atoms. The third kappa shape index (κ3) is 5.30. The molecule has 7 nitrogen and oxygen atoms in total. The Balaban J connectivity index is 1.74. The second-order valence-corrected chi connectivity index (χ2v) is 8.03. The van der Waals surface area contributed by atoms with E-state index >= 15 is 0 Å². The first-order valence-corrected chi connectivity index (χ1v) is 10.4. The van der Waals surface area contributed by atoms with E-state index < -0.39 is 29.4 Å². The van der Waals surface area contributed by atoms with Crippen molar-refractivity contribution >= 4 is 63.8 Å². The van der Waals surface area contributed by atoms with E-state index in [0.717, 1.165) is 11.0 Å².